The van der Waals surface area contributed by atoms with E-state index in [0.29, 0.717) is 52.2 Å². The molecule has 9 nitrogen and oxygen atoms in total. The highest BCUT2D eigenvalue weighted by molar-refractivity contribution is 6.10. The lowest BCUT2D eigenvalue weighted by atomic mass is 10.0. The maximum absolute atomic E-state index is 13.0. The Bertz CT molecular complexity index is 1600. The normalized spacial score (nSPS) is 11.6. The van der Waals surface area contributed by atoms with Crippen LogP contribution in [0.5, 0.6) is 11.5 Å². The Morgan fingerprint density at radius 1 is 1.08 bits per heavy atom. The Morgan fingerprint density at radius 2 is 1.81 bits per heavy atom. The molecule has 0 aliphatic heterocycles. The van der Waals surface area contributed by atoms with Crippen molar-refractivity contribution in [3.8, 4) is 22.6 Å². The number of H-pyrrole nitrogens is 1. The minimum atomic E-state index is -0.220. The zero-order valence-corrected chi connectivity index (χ0v) is 21.6. The second-order valence-electron chi connectivity index (χ2n) is 8.94. The van der Waals surface area contributed by atoms with E-state index in [1.165, 1.54) is 21.4 Å². The summed E-state index contributed by atoms with van der Waals surface area (Å²) in [6, 6.07) is 9.25. The third kappa shape index (κ3) is 5.12. The van der Waals surface area contributed by atoms with E-state index < -0.39 is 0 Å². The van der Waals surface area contributed by atoms with Gasteiger partial charge in [-0.1, -0.05) is 18.2 Å². The molecule has 0 spiro atoms. The van der Waals surface area contributed by atoms with Crippen molar-refractivity contribution in [2.75, 3.05) is 20.3 Å². The highest BCUT2D eigenvalue weighted by Gasteiger charge is 2.19. The van der Waals surface area contributed by atoms with Gasteiger partial charge in [-0.2, -0.15) is 0 Å². The van der Waals surface area contributed by atoms with Crippen molar-refractivity contribution in [1.82, 2.24) is 19.4 Å². The fourth-order valence-electron chi connectivity index (χ4n) is 4.21. The molecule has 9 heteroatoms. The van der Waals surface area contributed by atoms with Crippen molar-refractivity contribution < 1.29 is 9.47 Å². The highest BCUT2D eigenvalue weighted by Crippen LogP contribution is 2.38. The number of rotatable bonds is 9. The quantitative estimate of drug-likeness (QED) is 0.238. The van der Waals surface area contributed by atoms with Crippen LogP contribution in [0.3, 0.4) is 0 Å². The Balaban J connectivity index is 1.92. The SMILES string of the molecule is COCCN/C=C(\C=N)c1cc2c(-c3cc(=O)n(C)cc3Oc3c(C)cccc3C)cn(C)c(=O)c2[nH]1. The molecule has 3 heterocycles. The molecule has 0 radical (unpaired) electrons. The van der Waals surface area contributed by atoms with E-state index in [2.05, 4.69) is 10.3 Å². The van der Waals surface area contributed by atoms with Gasteiger partial charge >= 0.3 is 0 Å². The molecule has 3 N–H and O–H groups in total. The van der Waals surface area contributed by atoms with E-state index in [-0.39, 0.29) is 11.1 Å². The van der Waals surface area contributed by atoms with Gasteiger partial charge in [0.2, 0.25) is 0 Å². The number of nitrogens with zero attached hydrogens (tertiary/aromatic N) is 2. The largest absolute Gasteiger partial charge is 0.455 e. The van der Waals surface area contributed by atoms with Gasteiger partial charge in [-0.3, -0.25) is 9.59 Å². The van der Waals surface area contributed by atoms with Crippen LogP contribution in [0, 0.1) is 19.3 Å². The number of ether oxygens (including phenoxy) is 2. The van der Waals surface area contributed by atoms with Gasteiger partial charge in [0.1, 0.15) is 11.3 Å². The lowest BCUT2D eigenvalue weighted by Gasteiger charge is -2.17. The van der Waals surface area contributed by atoms with Crippen molar-refractivity contribution >= 4 is 22.7 Å². The van der Waals surface area contributed by atoms with E-state index in [1.807, 2.05) is 38.1 Å². The van der Waals surface area contributed by atoms with Crippen molar-refractivity contribution in [3.05, 3.63) is 86.5 Å². The van der Waals surface area contributed by atoms with Gasteiger partial charge in [0.25, 0.3) is 11.1 Å². The molecule has 3 aromatic heterocycles. The molecule has 0 saturated heterocycles. The van der Waals surface area contributed by atoms with Crippen LogP contribution in [0.2, 0.25) is 0 Å². The number of para-hydroxylation sites is 1. The van der Waals surface area contributed by atoms with Gasteiger partial charge in [0.15, 0.2) is 5.75 Å². The number of nitrogens with one attached hydrogen (secondary N) is 3. The second kappa shape index (κ2) is 10.7. The molecule has 0 aliphatic rings. The summed E-state index contributed by atoms with van der Waals surface area (Å²) in [5.74, 6) is 1.21. The zero-order chi connectivity index (χ0) is 26.7. The second-order valence-corrected chi connectivity index (χ2v) is 8.94. The monoisotopic (exact) mass is 501 g/mol. The number of aryl methyl sites for hydroxylation is 4. The third-order valence-electron chi connectivity index (χ3n) is 6.24. The molecule has 0 aliphatic carbocycles. The lowest BCUT2D eigenvalue weighted by Crippen LogP contribution is -2.18. The minimum Gasteiger partial charge on any atom is -0.455 e. The number of aromatic nitrogens is 3. The number of pyridine rings is 2. The Kier molecular flexibility index (Phi) is 7.45. The Labute approximate surface area is 214 Å². The molecule has 0 atom stereocenters. The number of aromatic amines is 1. The van der Waals surface area contributed by atoms with Gasteiger partial charge in [-0.25, -0.2) is 0 Å². The van der Waals surface area contributed by atoms with Crippen LogP contribution in [0.15, 0.2) is 58.5 Å². The van der Waals surface area contributed by atoms with Crippen molar-refractivity contribution in [2.45, 2.75) is 13.8 Å². The molecule has 37 heavy (non-hydrogen) atoms. The van der Waals surface area contributed by atoms with Crippen molar-refractivity contribution in [1.29, 1.82) is 5.41 Å². The molecule has 0 saturated carbocycles. The lowest BCUT2D eigenvalue weighted by molar-refractivity contribution is 0.203. The first-order valence-corrected chi connectivity index (χ1v) is 11.9. The molecule has 4 rings (SSSR count). The summed E-state index contributed by atoms with van der Waals surface area (Å²) < 4.78 is 14.4. The summed E-state index contributed by atoms with van der Waals surface area (Å²) in [5.41, 5.74) is 4.28. The number of methoxy groups -OCH3 is 1. The van der Waals surface area contributed by atoms with E-state index >= 15 is 0 Å². The maximum Gasteiger partial charge on any atom is 0.274 e. The van der Waals surface area contributed by atoms with Crippen molar-refractivity contribution in [3.63, 3.8) is 0 Å². The number of benzene rings is 1. The summed E-state index contributed by atoms with van der Waals surface area (Å²) in [6.45, 7) is 5.04. The zero-order valence-electron chi connectivity index (χ0n) is 21.6. The predicted octanol–water partition coefficient (Wildman–Crippen LogP) is 3.87. The Morgan fingerprint density at radius 3 is 2.49 bits per heavy atom. The molecule has 0 amide bonds. The molecule has 0 fully saturated rings. The number of hydrogen-bond acceptors (Lipinski definition) is 6. The van der Waals surface area contributed by atoms with Crippen LogP contribution in [0.25, 0.3) is 27.6 Å². The van der Waals surface area contributed by atoms with E-state index in [1.54, 1.807) is 39.8 Å². The van der Waals surface area contributed by atoms with Gasteiger partial charge in [-0.15, -0.1) is 0 Å². The summed E-state index contributed by atoms with van der Waals surface area (Å²) in [5, 5.41) is 11.6. The number of allylic oxidation sites excluding steroid dienone is 1. The average molecular weight is 502 g/mol. The summed E-state index contributed by atoms with van der Waals surface area (Å²) >= 11 is 0. The first kappa shape index (κ1) is 25.7. The standard InChI is InChI=1S/C28H31N5O4/c1-17-7-6-8-18(2)27(17)37-24-16-32(3)25(34)12-20(24)22-15-33(4)28(35)26-21(22)11-23(31-26)19(13-29)14-30-9-10-36-5/h6-8,11-16,29-31H,9-10H2,1-5H3/b19-14+,29-13?. The van der Waals surface area contributed by atoms with Crippen LogP contribution in [-0.2, 0) is 18.8 Å². The summed E-state index contributed by atoms with van der Waals surface area (Å²) in [4.78, 5) is 29.0. The summed E-state index contributed by atoms with van der Waals surface area (Å²) in [7, 11) is 4.96. The fraction of sp³-hybridized carbons (Fsp3) is 0.250. The molecular formula is C28H31N5O4. The highest BCUT2D eigenvalue weighted by atomic mass is 16.5. The molecular weight excluding hydrogens is 470 g/mol. The van der Waals surface area contributed by atoms with Gasteiger partial charge in [0, 0.05) is 80.2 Å². The first-order chi connectivity index (χ1) is 17.7. The average Bonchev–Trinajstić information content (AvgIpc) is 3.31. The van der Waals surface area contributed by atoms with Crippen LogP contribution in [0.4, 0.5) is 0 Å². The van der Waals surface area contributed by atoms with Gasteiger partial charge < -0.3 is 34.3 Å². The van der Waals surface area contributed by atoms with Gasteiger partial charge in [0.05, 0.1) is 12.8 Å². The van der Waals surface area contributed by atoms with Crippen LogP contribution >= 0.6 is 0 Å². The van der Waals surface area contributed by atoms with E-state index in [4.69, 9.17) is 14.9 Å². The topological polar surface area (TPSA) is 114 Å². The third-order valence-corrected chi connectivity index (χ3v) is 6.24. The molecule has 4 aromatic rings. The minimum absolute atomic E-state index is 0.205. The Hall–Kier alpha value is -4.37. The summed E-state index contributed by atoms with van der Waals surface area (Å²) in [6.07, 6.45) is 6.28. The molecule has 0 unspecified atom stereocenters. The molecule has 1 aromatic carbocycles. The fourth-order valence-corrected chi connectivity index (χ4v) is 4.21. The van der Waals surface area contributed by atoms with Gasteiger partial charge in [-0.05, 0) is 31.0 Å². The predicted molar refractivity (Wildman–Crippen MR) is 147 cm³/mol. The molecule has 0 bridgehead atoms. The first-order valence-electron chi connectivity index (χ1n) is 11.9. The smallest absolute Gasteiger partial charge is 0.274 e. The molecule has 192 valence electrons. The van der Waals surface area contributed by atoms with Crippen LogP contribution in [-0.4, -0.2) is 40.6 Å². The number of hydrogen-bond donors (Lipinski definition) is 3. The van der Waals surface area contributed by atoms with Crippen LogP contribution < -0.4 is 21.2 Å². The van der Waals surface area contributed by atoms with Crippen LogP contribution in [0.1, 0.15) is 16.8 Å². The van der Waals surface area contributed by atoms with E-state index in [9.17, 15) is 9.59 Å². The van der Waals surface area contributed by atoms with E-state index in [0.717, 1.165) is 16.9 Å². The number of fused-ring (bicyclic) bond motifs is 1. The maximum atomic E-state index is 13.0. The van der Waals surface area contributed by atoms with Crippen molar-refractivity contribution in [2.24, 2.45) is 14.1 Å².